The molecule has 0 spiro atoms. The lowest BCUT2D eigenvalue weighted by atomic mass is 9.67. The van der Waals surface area contributed by atoms with Gasteiger partial charge in [0.2, 0.25) is 0 Å². The number of nitrogens with zero attached hydrogens (tertiary/aromatic N) is 2. The van der Waals surface area contributed by atoms with Crippen LogP contribution >= 0.6 is 0 Å². The van der Waals surface area contributed by atoms with E-state index in [1.165, 1.54) is 167 Å². The van der Waals surface area contributed by atoms with Gasteiger partial charge in [0, 0.05) is 61.2 Å². The van der Waals surface area contributed by atoms with Gasteiger partial charge >= 0.3 is 0 Å². The highest BCUT2D eigenvalue weighted by Gasteiger charge is 2.48. The van der Waals surface area contributed by atoms with Crippen LogP contribution in [0.3, 0.4) is 0 Å². The second-order valence-electron chi connectivity index (χ2n) is 32.1. The largest absolute Gasteiger partial charge is 0.310 e. The van der Waals surface area contributed by atoms with Crippen molar-refractivity contribution < 1.29 is 0 Å². The molecule has 2 nitrogen and oxygen atoms in total. The number of rotatable bonds is 10. The fourth-order valence-corrected chi connectivity index (χ4v) is 20.3. The first-order valence-corrected chi connectivity index (χ1v) is 36.7. The van der Waals surface area contributed by atoms with Gasteiger partial charge in [-0.2, -0.15) is 0 Å². The van der Waals surface area contributed by atoms with E-state index in [0.29, 0.717) is 0 Å². The summed E-state index contributed by atoms with van der Waals surface area (Å²) in [7, 11) is 0. The molecule has 2 heteroatoms. The SMILES string of the molecule is CC1(C)c2ccccc2-c2ccc(N(c3ccc4c(c3)C(C)(C)c3ccccc3-4)c3ccc4c(c3)C(C)(C)c3cc(CC5(C)c6ccccc6-c6ccc(N(c7ccc8c(c7)C(C)(C)c7ccccc7-8)c7ccc8c(c7)C(c7ccccc7)(c7ccccc7)c7ccccc7-8)cc65)ccc3-4)cc21. The van der Waals surface area contributed by atoms with E-state index in [2.05, 4.69) is 381 Å². The molecule has 14 aromatic carbocycles. The van der Waals surface area contributed by atoms with Crippen molar-refractivity contribution in [3.8, 4) is 66.8 Å². The maximum atomic E-state index is 2.58. The highest BCUT2D eigenvalue weighted by atomic mass is 15.1. The van der Waals surface area contributed by atoms with E-state index in [9.17, 15) is 0 Å². The van der Waals surface area contributed by atoms with Crippen molar-refractivity contribution >= 4 is 34.1 Å². The van der Waals surface area contributed by atoms with Crippen LogP contribution in [0.5, 0.6) is 0 Å². The first-order valence-electron chi connectivity index (χ1n) is 36.7. The van der Waals surface area contributed by atoms with Gasteiger partial charge in [-0.1, -0.05) is 299 Å². The molecule has 0 amide bonds. The number of fused-ring (bicyclic) bond motifs is 18. The molecule has 0 N–H and O–H groups in total. The molecule has 6 aliphatic carbocycles. The van der Waals surface area contributed by atoms with E-state index in [4.69, 9.17) is 0 Å². The quantitative estimate of drug-likeness (QED) is 0.135. The third-order valence-electron chi connectivity index (χ3n) is 25.4. The molecule has 0 fully saturated rings. The summed E-state index contributed by atoms with van der Waals surface area (Å²) >= 11 is 0. The number of benzene rings is 14. The van der Waals surface area contributed by atoms with Crippen LogP contribution in [0, 0.1) is 0 Å². The minimum atomic E-state index is -0.563. The maximum absolute atomic E-state index is 2.58. The summed E-state index contributed by atoms with van der Waals surface area (Å²) in [6.45, 7) is 21.8. The normalized spacial score (nSPS) is 17.1. The van der Waals surface area contributed by atoms with Crippen molar-refractivity contribution in [3.63, 3.8) is 0 Å². The molecule has 6 aliphatic rings. The molecule has 0 bridgehead atoms. The molecule has 1 atom stereocenters. The van der Waals surface area contributed by atoms with Gasteiger partial charge in [0.15, 0.2) is 0 Å². The van der Waals surface area contributed by atoms with Crippen LogP contribution in [-0.2, 0) is 38.9 Å². The van der Waals surface area contributed by atoms with Crippen LogP contribution in [-0.4, -0.2) is 0 Å². The van der Waals surface area contributed by atoms with Crippen molar-refractivity contribution in [3.05, 3.63) is 393 Å². The molecule has 0 aliphatic heterocycles. The van der Waals surface area contributed by atoms with Gasteiger partial charge in [-0.3, -0.25) is 0 Å². The van der Waals surface area contributed by atoms with Crippen molar-refractivity contribution in [1.29, 1.82) is 0 Å². The molecule has 0 saturated heterocycles. The van der Waals surface area contributed by atoms with Crippen molar-refractivity contribution in [1.82, 2.24) is 0 Å². The Labute approximate surface area is 600 Å². The van der Waals surface area contributed by atoms with Crippen molar-refractivity contribution in [2.45, 2.75) is 101 Å². The summed E-state index contributed by atoms with van der Waals surface area (Å²) in [5.41, 5.74) is 41.1. The van der Waals surface area contributed by atoms with Gasteiger partial charge in [-0.25, -0.2) is 0 Å². The predicted octanol–water partition coefficient (Wildman–Crippen LogP) is 25.7. The average molecular weight is 1310 g/mol. The Morgan fingerprint density at radius 1 is 0.196 bits per heavy atom. The Balaban J connectivity index is 0.707. The van der Waals surface area contributed by atoms with Crippen LogP contribution in [0.25, 0.3) is 66.8 Å². The Morgan fingerprint density at radius 2 is 0.441 bits per heavy atom. The van der Waals surface area contributed by atoms with E-state index in [1.807, 2.05) is 0 Å². The third-order valence-corrected chi connectivity index (χ3v) is 25.4. The van der Waals surface area contributed by atoms with Crippen LogP contribution in [0.15, 0.2) is 309 Å². The van der Waals surface area contributed by atoms with Crippen molar-refractivity contribution in [2.24, 2.45) is 0 Å². The van der Waals surface area contributed by atoms with Gasteiger partial charge in [0.25, 0.3) is 0 Å². The Hall–Kier alpha value is -11.3. The van der Waals surface area contributed by atoms with Gasteiger partial charge in [0.1, 0.15) is 0 Å². The highest BCUT2D eigenvalue weighted by molar-refractivity contribution is 5.95. The molecule has 0 heterocycles. The minimum absolute atomic E-state index is 0.151. The third kappa shape index (κ3) is 8.24. The minimum Gasteiger partial charge on any atom is -0.310 e. The zero-order valence-electron chi connectivity index (χ0n) is 59.5. The van der Waals surface area contributed by atoms with E-state index < -0.39 is 5.41 Å². The predicted molar refractivity (Wildman–Crippen MR) is 425 cm³/mol. The van der Waals surface area contributed by atoms with Crippen molar-refractivity contribution in [2.75, 3.05) is 9.80 Å². The average Bonchev–Trinajstić information content (AvgIpc) is 1.53. The Bertz CT molecular complexity index is 5750. The van der Waals surface area contributed by atoms with E-state index >= 15 is 0 Å². The standard InChI is InChI=1S/C100H80N2/c1-95(2)83-35-21-16-30-71(83)77-48-41-65(55-89(77)95)101(66-42-49-78-72-31-17-22-36-84(72)96(3,4)90(78)56-66)68-44-51-80-76-47-40-62(54-88(76)98(7,8)92(80)58-68)61-99(9)86-38-24-19-33-74(86)81-52-45-69(59-93(81)99)102(67-43-50-79-73-32-18-23-37-85(73)97(5,6)91(79)57-67)70-46-53-82-75-34-20-25-39-87(75)100(94(82)60-70,63-26-12-10-13-27-63)64-28-14-11-15-29-64/h10-60H,61H2,1-9H3. The summed E-state index contributed by atoms with van der Waals surface area (Å²) in [6.07, 6.45) is 0.829. The second-order valence-corrected chi connectivity index (χ2v) is 32.1. The highest BCUT2D eigenvalue weighted by Crippen LogP contribution is 2.61. The molecule has 0 saturated carbocycles. The summed E-state index contributed by atoms with van der Waals surface area (Å²) in [5.74, 6) is 0. The molecule has 490 valence electrons. The monoisotopic (exact) mass is 1310 g/mol. The Kier molecular flexibility index (Phi) is 12.7. The number of anilines is 6. The molecule has 102 heavy (non-hydrogen) atoms. The van der Waals surface area contributed by atoms with Gasteiger partial charge in [-0.05, 0) is 229 Å². The zero-order chi connectivity index (χ0) is 69.0. The molecule has 0 radical (unpaired) electrons. The van der Waals surface area contributed by atoms with E-state index in [0.717, 1.165) is 23.5 Å². The summed E-state index contributed by atoms with van der Waals surface area (Å²) in [6, 6.07) is 119. The fraction of sp³-hybridized carbons (Fsp3) is 0.160. The van der Waals surface area contributed by atoms with E-state index in [-0.39, 0.29) is 27.1 Å². The number of hydrogen-bond donors (Lipinski definition) is 0. The lowest BCUT2D eigenvalue weighted by molar-refractivity contribution is 0.581. The number of hydrogen-bond acceptors (Lipinski definition) is 2. The molecule has 14 aromatic rings. The Morgan fingerprint density at radius 3 is 0.824 bits per heavy atom. The molecular weight excluding hydrogens is 1230 g/mol. The van der Waals surface area contributed by atoms with Crippen LogP contribution in [0.2, 0.25) is 0 Å². The van der Waals surface area contributed by atoms with Crippen LogP contribution < -0.4 is 9.80 Å². The summed E-state index contributed by atoms with van der Waals surface area (Å²) < 4.78 is 0. The molecular formula is C100H80N2. The first-order chi connectivity index (χ1) is 49.4. The first kappa shape index (κ1) is 60.6. The molecule has 20 rings (SSSR count). The van der Waals surface area contributed by atoms with Gasteiger partial charge in [0.05, 0.1) is 5.41 Å². The lowest BCUT2D eigenvalue weighted by Gasteiger charge is -2.35. The molecule has 0 aromatic heterocycles. The van der Waals surface area contributed by atoms with Crippen LogP contribution in [0.1, 0.15) is 146 Å². The zero-order valence-corrected chi connectivity index (χ0v) is 59.5. The topological polar surface area (TPSA) is 6.48 Å². The van der Waals surface area contributed by atoms with Gasteiger partial charge in [-0.15, -0.1) is 0 Å². The summed E-state index contributed by atoms with van der Waals surface area (Å²) in [4.78, 5) is 5.12. The van der Waals surface area contributed by atoms with Gasteiger partial charge < -0.3 is 9.80 Å². The fourth-order valence-electron chi connectivity index (χ4n) is 20.3. The second kappa shape index (κ2) is 21.4. The lowest BCUT2D eigenvalue weighted by Crippen LogP contribution is -2.28. The molecule has 1 unspecified atom stereocenters. The summed E-state index contributed by atoms with van der Waals surface area (Å²) in [5, 5.41) is 0. The van der Waals surface area contributed by atoms with Crippen LogP contribution in [0.4, 0.5) is 34.1 Å². The smallest absolute Gasteiger partial charge is 0.0714 e. The maximum Gasteiger partial charge on any atom is 0.0714 e. The van der Waals surface area contributed by atoms with E-state index in [1.54, 1.807) is 0 Å².